The first-order valence-corrected chi connectivity index (χ1v) is 5.61. The molecule has 17 heavy (non-hydrogen) atoms. The van der Waals surface area contributed by atoms with E-state index < -0.39 is 11.7 Å². The lowest BCUT2D eigenvalue weighted by atomic mass is 10.1. The molecule has 3 N–H and O–H groups in total. The summed E-state index contributed by atoms with van der Waals surface area (Å²) in [5.41, 5.74) is 7.84. The summed E-state index contributed by atoms with van der Waals surface area (Å²) in [7, 11) is 0. The minimum Gasteiger partial charge on any atom is -0.444 e. The number of aryl methyl sites for hydroxylation is 1. The van der Waals surface area contributed by atoms with Crippen molar-refractivity contribution in [1.82, 2.24) is 0 Å². The maximum Gasteiger partial charge on any atom is 0.412 e. The lowest BCUT2D eigenvalue weighted by molar-refractivity contribution is 0.0636. The third-order valence-electron chi connectivity index (χ3n) is 2.12. The average Bonchev–Trinajstić information content (AvgIpc) is 2.17. The van der Waals surface area contributed by atoms with E-state index in [-0.39, 0.29) is 0 Å². The minimum absolute atomic E-state index is 0.382. The molecule has 1 amide bonds. The zero-order valence-corrected chi connectivity index (χ0v) is 10.8. The Kier molecular flexibility index (Phi) is 4.12. The van der Waals surface area contributed by atoms with Gasteiger partial charge in [-0.1, -0.05) is 17.7 Å². The number of hydrogen-bond donors (Lipinski definition) is 2. The van der Waals surface area contributed by atoms with E-state index in [0.29, 0.717) is 12.2 Å². The number of benzene rings is 1. The number of nitrogens with one attached hydrogen (secondary N) is 1. The number of carbonyl (C=O) groups excluding carboxylic acids is 1. The fourth-order valence-electron chi connectivity index (χ4n) is 1.43. The number of rotatable bonds is 2. The van der Waals surface area contributed by atoms with Crippen LogP contribution >= 0.6 is 0 Å². The van der Waals surface area contributed by atoms with Crippen molar-refractivity contribution in [2.45, 2.75) is 39.8 Å². The Labute approximate surface area is 102 Å². The molecule has 0 fully saturated rings. The third-order valence-corrected chi connectivity index (χ3v) is 2.12. The molecule has 0 aliphatic carbocycles. The summed E-state index contributed by atoms with van der Waals surface area (Å²) in [5.74, 6) is 0. The summed E-state index contributed by atoms with van der Waals surface area (Å²) in [5, 5.41) is 2.70. The molecule has 0 saturated carbocycles. The van der Waals surface area contributed by atoms with Gasteiger partial charge in [0.25, 0.3) is 0 Å². The maximum absolute atomic E-state index is 11.6. The fraction of sp³-hybridized carbons (Fsp3) is 0.462. The molecule has 0 bridgehead atoms. The van der Waals surface area contributed by atoms with Crippen LogP contribution in [0.1, 0.15) is 31.9 Å². The molecule has 94 valence electrons. The van der Waals surface area contributed by atoms with Crippen molar-refractivity contribution in [3.05, 3.63) is 29.3 Å². The lowest BCUT2D eigenvalue weighted by Crippen LogP contribution is -2.27. The number of carbonyl (C=O) groups is 1. The molecule has 0 aliphatic rings. The monoisotopic (exact) mass is 236 g/mol. The molecule has 0 saturated heterocycles. The van der Waals surface area contributed by atoms with Gasteiger partial charge in [-0.05, 0) is 39.3 Å². The second kappa shape index (κ2) is 5.19. The van der Waals surface area contributed by atoms with Gasteiger partial charge >= 0.3 is 6.09 Å². The Balaban J connectivity index is 2.78. The highest BCUT2D eigenvalue weighted by Crippen LogP contribution is 2.18. The van der Waals surface area contributed by atoms with Gasteiger partial charge in [-0.15, -0.1) is 0 Å². The Morgan fingerprint density at radius 1 is 1.41 bits per heavy atom. The van der Waals surface area contributed by atoms with Gasteiger partial charge in [0.2, 0.25) is 0 Å². The van der Waals surface area contributed by atoms with Gasteiger partial charge in [-0.3, -0.25) is 5.32 Å². The summed E-state index contributed by atoms with van der Waals surface area (Å²) in [4.78, 5) is 11.6. The molecule has 0 radical (unpaired) electrons. The van der Waals surface area contributed by atoms with Gasteiger partial charge in [-0.2, -0.15) is 0 Å². The molecule has 0 spiro atoms. The molecular formula is C13H20N2O2. The summed E-state index contributed by atoms with van der Waals surface area (Å²) in [6.07, 6.45) is -0.462. The molecule has 0 heterocycles. The van der Waals surface area contributed by atoms with E-state index in [2.05, 4.69) is 5.32 Å². The van der Waals surface area contributed by atoms with Crippen LogP contribution in [0.2, 0.25) is 0 Å². The number of amides is 1. The molecule has 0 atom stereocenters. The Morgan fingerprint density at radius 3 is 2.59 bits per heavy atom. The average molecular weight is 236 g/mol. The molecule has 4 heteroatoms. The largest absolute Gasteiger partial charge is 0.444 e. The number of nitrogens with two attached hydrogens (primary N) is 1. The van der Waals surface area contributed by atoms with Crippen molar-refractivity contribution in [2.75, 3.05) is 5.32 Å². The van der Waals surface area contributed by atoms with Crippen molar-refractivity contribution in [1.29, 1.82) is 0 Å². The van der Waals surface area contributed by atoms with E-state index in [9.17, 15) is 4.79 Å². The minimum atomic E-state index is -0.502. The third kappa shape index (κ3) is 4.44. The summed E-state index contributed by atoms with van der Waals surface area (Å²) >= 11 is 0. The Morgan fingerprint density at radius 2 is 2.06 bits per heavy atom. The van der Waals surface area contributed by atoms with E-state index >= 15 is 0 Å². The van der Waals surface area contributed by atoms with Gasteiger partial charge in [0.15, 0.2) is 0 Å². The van der Waals surface area contributed by atoms with Crippen LogP contribution in [0.4, 0.5) is 10.5 Å². The maximum atomic E-state index is 11.6. The van der Waals surface area contributed by atoms with E-state index in [0.717, 1.165) is 11.1 Å². The zero-order valence-electron chi connectivity index (χ0n) is 10.8. The first-order valence-electron chi connectivity index (χ1n) is 5.61. The van der Waals surface area contributed by atoms with Crippen LogP contribution in [0.15, 0.2) is 18.2 Å². The zero-order chi connectivity index (χ0) is 13.1. The molecule has 1 rings (SSSR count). The van der Waals surface area contributed by atoms with Crippen LogP contribution in [0.25, 0.3) is 0 Å². The van der Waals surface area contributed by atoms with Gasteiger partial charge in [-0.25, -0.2) is 4.79 Å². The van der Waals surface area contributed by atoms with E-state index in [1.165, 1.54) is 0 Å². The van der Waals surface area contributed by atoms with Gasteiger partial charge < -0.3 is 10.5 Å². The SMILES string of the molecule is Cc1ccc(NC(=O)OC(C)(C)C)c(CN)c1. The van der Waals surface area contributed by atoms with Crippen molar-refractivity contribution < 1.29 is 9.53 Å². The molecule has 4 nitrogen and oxygen atoms in total. The smallest absolute Gasteiger partial charge is 0.412 e. The summed E-state index contributed by atoms with van der Waals surface area (Å²) in [6, 6.07) is 5.71. The molecule has 0 unspecified atom stereocenters. The van der Waals surface area contributed by atoms with Crippen LogP contribution < -0.4 is 11.1 Å². The predicted octanol–water partition coefficient (Wildman–Crippen LogP) is 2.80. The highest BCUT2D eigenvalue weighted by molar-refractivity contribution is 5.86. The quantitative estimate of drug-likeness (QED) is 0.829. The molecule has 0 aliphatic heterocycles. The lowest BCUT2D eigenvalue weighted by Gasteiger charge is -2.20. The van der Waals surface area contributed by atoms with Crippen LogP contribution in [0, 0.1) is 6.92 Å². The number of anilines is 1. The highest BCUT2D eigenvalue weighted by atomic mass is 16.6. The predicted molar refractivity (Wildman–Crippen MR) is 68.9 cm³/mol. The van der Waals surface area contributed by atoms with Crippen molar-refractivity contribution in [3.8, 4) is 0 Å². The van der Waals surface area contributed by atoms with Gasteiger partial charge in [0.1, 0.15) is 5.60 Å². The van der Waals surface area contributed by atoms with Crippen LogP contribution in [-0.2, 0) is 11.3 Å². The fourth-order valence-corrected chi connectivity index (χ4v) is 1.43. The van der Waals surface area contributed by atoms with E-state index in [1.54, 1.807) is 0 Å². The van der Waals surface area contributed by atoms with Crippen molar-refractivity contribution in [3.63, 3.8) is 0 Å². The summed E-state index contributed by atoms with van der Waals surface area (Å²) in [6.45, 7) is 7.84. The molecule has 1 aromatic rings. The molecule has 0 aromatic heterocycles. The van der Waals surface area contributed by atoms with Gasteiger partial charge in [0.05, 0.1) is 0 Å². The van der Waals surface area contributed by atoms with Crippen LogP contribution in [0.3, 0.4) is 0 Å². The normalized spacial score (nSPS) is 11.1. The topological polar surface area (TPSA) is 64.3 Å². The first kappa shape index (κ1) is 13.5. The van der Waals surface area contributed by atoms with Crippen LogP contribution in [0.5, 0.6) is 0 Å². The number of hydrogen-bond acceptors (Lipinski definition) is 3. The van der Waals surface area contributed by atoms with Crippen LogP contribution in [-0.4, -0.2) is 11.7 Å². The Hall–Kier alpha value is -1.55. The molecule has 1 aromatic carbocycles. The second-order valence-corrected chi connectivity index (χ2v) is 4.99. The van der Waals surface area contributed by atoms with Crippen molar-refractivity contribution in [2.24, 2.45) is 5.73 Å². The summed E-state index contributed by atoms with van der Waals surface area (Å²) < 4.78 is 5.18. The molecular weight excluding hydrogens is 216 g/mol. The highest BCUT2D eigenvalue weighted by Gasteiger charge is 2.16. The van der Waals surface area contributed by atoms with Gasteiger partial charge in [0, 0.05) is 12.2 Å². The standard InChI is InChI=1S/C13H20N2O2/c1-9-5-6-11(10(7-9)8-14)15-12(16)17-13(2,3)4/h5-7H,8,14H2,1-4H3,(H,15,16). The van der Waals surface area contributed by atoms with E-state index in [4.69, 9.17) is 10.5 Å². The number of ether oxygens (including phenoxy) is 1. The van der Waals surface area contributed by atoms with Crippen molar-refractivity contribution >= 4 is 11.8 Å². The second-order valence-electron chi connectivity index (χ2n) is 4.99. The van der Waals surface area contributed by atoms with E-state index in [1.807, 2.05) is 45.9 Å². The Bertz CT molecular complexity index is 408. The first-order chi connectivity index (χ1) is 7.81.